The average molecular weight is 928 g/mol. The predicted octanol–water partition coefficient (Wildman–Crippen LogP) is 7.35. The van der Waals surface area contributed by atoms with Crippen molar-refractivity contribution >= 4 is 84.2 Å². The smallest absolute Gasteiger partial charge is 0.225 e. The molecule has 0 saturated heterocycles. The Labute approximate surface area is 370 Å². The van der Waals surface area contributed by atoms with E-state index >= 15 is 0 Å². The summed E-state index contributed by atoms with van der Waals surface area (Å²) in [5.41, 5.74) is 9.73. The molecule has 6 heterocycles. The van der Waals surface area contributed by atoms with E-state index in [4.69, 9.17) is 11.6 Å². The number of sulfone groups is 2. The number of nitrogens with zero attached hydrogens (tertiary/aromatic N) is 9. The molecule has 1 N–H and O–H groups in total. The Bertz CT molecular complexity index is 2620. The number of hydrogen-bond donors (Lipinski definition) is 1. The van der Waals surface area contributed by atoms with Crippen molar-refractivity contribution in [2.75, 3.05) is 43.6 Å². The first-order chi connectivity index (χ1) is 28.3. The summed E-state index contributed by atoms with van der Waals surface area (Å²) in [6.07, 6.45) is 17.5. The summed E-state index contributed by atoms with van der Waals surface area (Å²) in [6, 6.07) is 13.6. The molecular formula is C40H44Cl2N10O4S4. The molecule has 0 amide bonds. The number of anilines is 1. The van der Waals surface area contributed by atoms with Crippen LogP contribution in [0.5, 0.6) is 0 Å². The molecule has 60 heavy (non-hydrogen) atoms. The SMILES string of the molecule is CCc1cnc(Cl)nc1.CCc1cnc(N2CC=C(c3nsnc3-c3ccc(S(C)(=O)=O)cc3)CC2)nc1.CS(=O)(=O)c1ccc(-c2nsnc2C2=CCNCC2)cc1.Cl. The van der Waals surface area contributed by atoms with E-state index in [1.54, 1.807) is 60.9 Å². The monoisotopic (exact) mass is 926 g/mol. The second-order valence-electron chi connectivity index (χ2n) is 13.6. The minimum absolute atomic E-state index is 0. The highest BCUT2D eigenvalue weighted by molar-refractivity contribution is 7.91. The lowest BCUT2D eigenvalue weighted by Crippen LogP contribution is -2.30. The van der Waals surface area contributed by atoms with Gasteiger partial charge in [-0.05, 0) is 90.4 Å². The first-order valence-electron chi connectivity index (χ1n) is 18.7. The largest absolute Gasteiger partial charge is 0.337 e. The summed E-state index contributed by atoms with van der Waals surface area (Å²) in [5.74, 6) is 0.741. The van der Waals surface area contributed by atoms with E-state index in [2.05, 4.69) is 66.7 Å². The Morgan fingerprint density at radius 3 is 1.50 bits per heavy atom. The van der Waals surface area contributed by atoms with Crippen LogP contribution in [0.15, 0.2) is 95.3 Å². The Morgan fingerprint density at radius 1 is 0.650 bits per heavy atom. The van der Waals surface area contributed by atoms with Crippen molar-refractivity contribution in [2.45, 2.75) is 49.3 Å². The zero-order valence-corrected chi connectivity index (χ0v) is 38.2. The maximum absolute atomic E-state index is 11.7. The molecule has 14 nitrogen and oxygen atoms in total. The Hall–Kier alpha value is -4.56. The van der Waals surface area contributed by atoms with Crippen molar-refractivity contribution < 1.29 is 16.8 Å². The number of rotatable bonds is 9. The normalized spacial score (nSPS) is 14.1. The van der Waals surface area contributed by atoms with Gasteiger partial charge in [-0.1, -0.05) is 50.3 Å². The first kappa shape index (κ1) is 46.5. The van der Waals surface area contributed by atoms with E-state index in [0.717, 1.165) is 102 Å². The summed E-state index contributed by atoms with van der Waals surface area (Å²) in [6.45, 7) is 7.44. The van der Waals surface area contributed by atoms with Gasteiger partial charge in [0.25, 0.3) is 0 Å². The van der Waals surface area contributed by atoms with Gasteiger partial charge in [0, 0.05) is 68.1 Å². The molecule has 0 unspecified atom stereocenters. The number of nitrogens with one attached hydrogen (secondary N) is 1. The molecule has 2 aromatic carbocycles. The summed E-state index contributed by atoms with van der Waals surface area (Å²) >= 11 is 7.80. The van der Waals surface area contributed by atoms with Gasteiger partial charge in [-0.15, -0.1) is 12.4 Å². The topological polar surface area (TPSA) is 187 Å². The van der Waals surface area contributed by atoms with Crippen LogP contribution >= 0.6 is 47.5 Å². The first-order valence-corrected chi connectivity index (χ1v) is 24.3. The highest BCUT2D eigenvalue weighted by atomic mass is 35.5. The van der Waals surface area contributed by atoms with Gasteiger partial charge in [-0.3, -0.25) is 0 Å². The van der Waals surface area contributed by atoms with Crippen LogP contribution in [0.2, 0.25) is 5.28 Å². The average Bonchev–Trinajstić information content (AvgIpc) is 3.96. The zero-order chi connectivity index (χ0) is 42.0. The fraction of sp³-hybridized carbons (Fsp3) is 0.300. The van der Waals surface area contributed by atoms with Gasteiger partial charge >= 0.3 is 0 Å². The van der Waals surface area contributed by atoms with Gasteiger partial charge in [0.2, 0.25) is 11.2 Å². The lowest BCUT2D eigenvalue weighted by atomic mass is 10.0. The van der Waals surface area contributed by atoms with Crippen molar-refractivity contribution in [2.24, 2.45) is 0 Å². The van der Waals surface area contributed by atoms with Crippen molar-refractivity contribution in [3.8, 4) is 22.5 Å². The predicted molar refractivity (Wildman–Crippen MR) is 242 cm³/mol. The van der Waals surface area contributed by atoms with Crippen LogP contribution in [0, 0.1) is 0 Å². The molecule has 0 aliphatic carbocycles. The molecule has 316 valence electrons. The standard InChI is InChI=1S/C20H21N5O2S2.C14H15N3O2S2.C6H7ClN2.ClH/c1-3-14-12-21-20(22-13-14)25-10-8-16(9-11-25)19-18(23-28-24-19)15-4-6-17(7-5-15)29(2,26)27;1-21(18,19)12-4-2-10(3-5-12)13-14(17-20-16-13)11-6-8-15-9-7-11;1-2-5-3-8-6(7)9-4-5;/h4-8,12-13H,3,9-11H2,1-2H3;2-6,15H,7-9H2,1H3;3-4H,2H2,1H3;1H. The Balaban J connectivity index is 0.000000192. The highest BCUT2D eigenvalue weighted by Gasteiger charge is 2.21. The molecular weight excluding hydrogens is 884 g/mol. The zero-order valence-electron chi connectivity index (χ0n) is 33.3. The van der Waals surface area contributed by atoms with Crippen LogP contribution in [0.25, 0.3) is 33.7 Å². The lowest BCUT2D eigenvalue weighted by molar-refractivity contribution is 0.600. The van der Waals surface area contributed by atoms with Crippen LogP contribution < -0.4 is 10.2 Å². The Morgan fingerprint density at radius 2 is 1.10 bits per heavy atom. The molecule has 0 saturated carbocycles. The number of aromatic nitrogens is 8. The van der Waals surface area contributed by atoms with Gasteiger partial charge in [-0.25, -0.2) is 36.8 Å². The molecule has 0 atom stereocenters. The maximum atomic E-state index is 11.7. The quantitative estimate of drug-likeness (QED) is 0.142. The van der Waals surface area contributed by atoms with Gasteiger partial charge in [0.15, 0.2) is 19.7 Å². The fourth-order valence-corrected chi connectivity index (χ4v) is 8.57. The summed E-state index contributed by atoms with van der Waals surface area (Å²) in [4.78, 5) is 19.3. The molecule has 0 spiro atoms. The van der Waals surface area contributed by atoms with E-state index in [1.807, 2.05) is 19.3 Å². The molecule has 0 radical (unpaired) electrons. The fourth-order valence-electron chi connectivity index (χ4n) is 6.02. The van der Waals surface area contributed by atoms with E-state index in [9.17, 15) is 16.8 Å². The minimum Gasteiger partial charge on any atom is -0.337 e. The third-order valence-corrected chi connectivity index (χ3v) is 12.9. The molecule has 2 aliphatic rings. The van der Waals surface area contributed by atoms with Gasteiger partial charge < -0.3 is 10.2 Å². The number of halogens is 2. The third kappa shape index (κ3) is 12.3. The van der Waals surface area contributed by atoms with E-state index in [0.29, 0.717) is 21.6 Å². The van der Waals surface area contributed by atoms with Gasteiger partial charge in [-0.2, -0.15) is 17.5 Å². The molecule has 20 heteroatoms. The van der Waals surface area contributed by atoms with Crippen molar-refractivity contribution in [1.82, 2.24) is 42.7 Å². The number of hydrogen-bond acceptors (Lipinski definition) is 16. The van der Waals surface area contributed by atoms with Crippen molar-refractivity contribution in [1.29, 1.82) is 0 Å². The molecule has 8 rings (SSSR count). The van der Waals surface area contributed by atoms with Crippen LogP contribution in [-0.4, -0.2) is 93.0 Å². The van der Waals surface area contributed by atoms with E-state index in [-0.39, 0.29) is 12.4 Å². The lowest BCUT2D eigenvalue weighted by Gasteiger charge is -2.26. The van der Waals surface area contributed by atoms with E-state index in [1.165, 1.54) is 41.5 Å². The van der Waals surface area contributed by atoms with Crippen LogP contribution in [0.3, 0.4) is 0 Å². The number of aryl methyl sites for hydroxylation is 2. The molecule has 2 aliphatic heterocycles. The van der Waals surface area contributed by atoms with Gasteiger partial charge in [0.1, 0.15) is 22.8 Å². The van der Waals surface area contributed by atoms with Crippen LogP contribution in [-0.2, 0) is 32.5 Å². The van der Waals surface area contributed by atoms with Crippen molar-refractivity contribution in [3.63, 3.8) is 0 Å². The third-order valence-electron chi connectivity index (χ3n) is 9.44. The summed E-state index contributed by atoms with van der Waals surface area (Å²) in [7, 11) is -6.39. The molecule has 0 bridgehead atoms. The van der Waals surface area contributed by atoms with Crippen molar-refractivity contribution in [3.05, 3.63) is 113 Å². The van der Waals surface area contributed by atoms with Gasteiger partial charge in [0.05, 0.1) is 33.2 Å². The van der Waals surface area contributed by atoms with Crippen LogP contribution in [0.4, 0.5) is 5.95 Å². The molecule has 6 aromatic rings. The Kier molecular flexibility index (Phi) is 16.5. The molecule has 0 fully saturated rings. The summed E-state index contributed by atoms with van der Waals surface area (Å²) in [5, 5.41) is 3.58. The molecule has 4 aromatic heterocycles. The second kappa shape index (κ2) is 21.3. The van der Waals surface area contributed by atoms with E-state index < -0.39 is 19.7 Å². The maximum Gasteiger partial charge on any atom is 0.225 e. The highest BCUT2D eigenvalue weighted by Crippen LogP contribution is 2.32. The van der Waals surface area contributed by atoms with Crippen LogP contribution in [0.1, 0.15) is 49.2 Å². The minimum atomic E-state index is -3.22. The second-order valence-corrected chi connectivity index (χ2v) is 19.0. The summed E-state index contributed by atoms with van der Waals surface area (Å²) < 4.78 is 64.1. The number of benzene rings is 2.